The van der Waals surface area contributed by atoms with E-state index in [4.69, 9.17) is 10.00 Å². The molecular weight excluding hydrogens is 202 g/mol. The average molecular weight is 217 g/mol. The van der Waals surface area contributed by atoms with Crippen LogP contribution < -0.4 is 4.90 Å². The minimum absolute atomic E-state index is 0.449. The lowest BCUT2D eigenvalue weighted by molar-refractivity contribution is 0.0854. The smallest absolute Gasteiger partial charge is 0.163 e. The van der Waals surface area contributed by atoms with Gasteiger partial charge in [0.1, 0.15) is 6.07 Å². The molecule has 1 fully saturated rings. The molecule has 2 heterocycles. The van der Waals surface area contributed by atoms with Crippen LogP contribution in [-0.4, -0.2) is 31.3 Å². The van der Waals surface area contributed by atoms with Crippen molar-refractivity contribution >= 4 is 5.69 Å². The number of nitrogens with zero attached hydrogens (tertiary/aromatic N) is 3. The number of ether oxygens (including phenoxy) is 1. The maximum atomic E-state index is 9.00. The molecule has 1 aromatic rings. The fraction of sp³-hybridized carbons (Fsp3) is 0.500. The lowest BCUT2D eigenvalue weighted by Crippen LogP contribution is -2.37. The zero-order valence-electron chi connectivity index (χ0n) is 9.39. The summed E-state index contributed by atoms with van der Waals surface area (Å²) in [6, 6.07) is 6.39. The minimum atomic E-state index is 0.449. The Kier molecular flexibility index (Phi) is 3.37. The van der Waals surface area contributed by atoms with Gasteiger partial charge in [-0.3, -0.25) is 0 Å². The van der Waals surface area contributed by atoms with E-state index in [-0.39, 0.29) is 0 Å². The van der Waals surface area contributed by atoms with Crippen LogP contribution in [0.5, 0.6) is 0 Å². The summed E-state index contributed by atoms with van der Waals surface area (Å²) in [6.07, 6.45) is 3.67. The van der Waals surface area contributed by atoms with Crippen LogP contribution in [0.3, 0.4) is 0 Å². The molecule has 0 saturated carbocycles. The first-order valence-electron chi connectivity index (χ1n) is 5.48. The largest absolute Gasteiger partial charge is 0.381 e. The first-order chi connectivity index (χ1) is 7.83. The summed E-state index contributed by atoms with van der Waals surface area (Å²) in [5.74, 6) is 0. The van der Waals surface area contributed by atoms with E-state index in [1.807, 2.05) is 19.2 Å². The molecule has 0 aliphatic carbocycles. The summed E-state index contributed by atoms with van der Waals surface area (Å²) < 4.78 is 5.34. The summed E-state index contributed by atoms with van der Waals surface area (Å²) in [4.78, 5) is 6.23. The molecule has 0 spiro atoms. The van der Waals surface area contributed by atoms with Crippen molar-refractivity contribution in [2.24, 2.45) is 0 Å². The minimum Gasteiger partial charge on any atom is -0.381 e. The van der Waals surface area contributed by atoms with E-state index in [1.54, 1.807) is 6.20 Å². The fourth-order valence-electron chi connectivity index (χ4n) is 2.04. The van der Waals surface area contributed by atoms with Crippen LogP contribution in [0.1, 0.15) is 18.5 Å². The second-order valence-electron chi connectivity index (χ2n) is 3.94. The van der Waals surface area contributed by atoms with E-state index in [2.05, 4.69) is 16.0 Å². The second-order valence-corrected chi connectivity index (χ2v) is 3.94. The molecule has 16 heavy (non-hydrogen) atoms. The van der Waals surface area contributed by atoms with Crippen molar-refractivity contribution in [3.8, 4) is 6.07 Å². The Balaban J connectivity index is 2.19. The van der Waals surface area contributed by atoms with E-state index >= 15 is 0 Å². The van der Waals surface area contributed by atoms with Gasteiger partial charge in [-0.2, -0.15) is 5.26 Å². The molecule has 1 aromatic heterocycles. The van der Waals surface area contributed by atoms with Gasteiger partial charge in [0.05, 0.1) is 5.69 Å². The predicted molar refractivity (Wildman–Crippen MR) is 61.2 cm³/mol. The number of anilines is 1. The monoisotopic (exact) mass is 217 g/mol. The van der Waals surface area contributed by atoms with Crippen molar-refractivity contribution in [3.63, 3.8) is 0 Å². The lowest BCUT2D eigenvalue weighted by atomic mass is 10.1. The Bertz CT molecular complexity index is 393. The Morgan fingerprint density at radius 1 is 1.50 bits per heavy atom. The third-order valence-corrected chi connectivity index (χ3v) is 3.01. The van der Waals surface area contributed by atoms with Gasteiger partial charge in [0.15, 0.2) is 5.69 Å². The molecule has 0 unspecified atom stereocenters. The van der Waals surface area contributed by atoms with Gasteiger partial charge in [0.2, 0.25) is 0 Å². The van der Waals surface area contributed by atoms with Crippen LogP contribution in [-0.2, 0) is 4.74 Å². The summed E-state index contributed by atoms with van der Waals surface area (Å²) >= 11 is 0. The second kappa shape index (κ2) is 4.95. The highest BCUT2D eigenvalue weighted by molar-refractivity contribution is 5.55. The third kappa shape index (κ3) is 2.15. The van der Waals surface area contributed by atoms with Gasteiger partial charge in [-0.25, -0.2) is 4.98 Å². The standard InChI is InChI=1S/C12H15N3O/c1-15(10-4-7-16-8-5-10)12-3-2-6-14-11(12)9-13/h2-3,6,10H,4-5,7-8H2,1H3. The number of nitriles is 1. The number of rotatable bonds is 2. The number of hydrogen-bond donors (Lipinski definition) is 0. The topological polar surface area (TPSA) is 49.2 Å². The van der Waals surface area contributed by atoms with Crippen LogP contribution in [0.2, 0.25) is 0 Å². The molecule has 1 aliphatic rings. The van der Waals surface area contributed by atoms with Crippen LogP contribution in [0.4, 0.5) is 5.69 Å². The lowest BCUT2D eigenvalue weighted by Gasteiger charge is -2.33. The fourth-order valence-corrected chi connectivity index (χ4v) is 2.04. The van der Waals surface area contributed by atoms with Gasteiger partial charge in [0.25, 0.3) is 0 Å². The van der Waals surface area contributed by atoms with Crippen molar-refractivity contribution in [1.29, 1.82) is 5.26 Å². The highest BCUT2D eigenvalue weighted by Crippen LogP contribution is 2.22. The van der Waals surface area contributed by atoms with Gasteiger partial charge in [-0.15, -0.1) is 0 Å². The van der Waals surface area contributed by atoms with Crippen LogP contribution >= 0.6 is 0 Å². The Morgan fingerprint density at radius 2 is 2.25 bits per heavy atom. The van der Waals surface area contributed by atoms with Crippen molar-refractivity contribution < 1.29 is 4.74 Å². The SMILES string of the molecule is CN(c1cccnc1C#N)C1CCOCC1. The van der Waals surface area contributed by atoms with Crippen LogP contribution in [0.15, 0.2) is 18.3 Å². The van der Waals surface area contributed by atoms with Crippen molar-refractivity contribution in [3.05, 3.63) is 24.0 Å². The molecule has 84 valence electrons. The number of hydrogen-bond acceptors (Lipinski definition) is 4. The highest BCUT2D eigenvalue weighted by Gasteiger charge is 2.20. The maximum absolute atomic E-state index is 9.00. The van der Waals surface area contributed by atoms with Crippen molar-refractivity contribution in [1.82, 2.24) is 4.98 Å². The first kappa shape index (κ1) is 10.9. The summed E-state index contributed by atoms with van der Waals surface area (Å²) in [6.45, 7) is 1.61. The van der Waals surface area contributed by atoms with E-state index in [0.29, 0.717) is 11.7 Å². The van der Waals surface area contributed by atoms with Gasteiger partial charge in [-0.1, -0.05) is 0 Å². The normalized spacial score (nSPS) is 16.8. The average Bonchev–Trinajstić information content (AvgIpc) is 2.39. The zero-order valence-corrected chi connectivity index (χ0v) is 9.39. The Hall–Kier alpha value is -1.60. The summed E-state index contributed by atoms with van der Waals surface area (Å²) in [5, 5.41) is 9.00. The molecule has 1 aliphatic heterocycles. The summed E-state index contributed by atoms with van der Waals surface area (Å²) in [7, 11) is 2.02. The number of pyridine rings is 1. The van der Waals surface area contributed by atoms with E-state index in [0.717, 1.165) is 31.7 Å². The van der Waals surface area contributed by atoms with Crippen LogP contribution in [0.25, 0.3) is 0 Å². The maximum Gasteiger partial charge on any atom is 0.163 e. The molecule has 0 radical (unpaired) electrons. The highest BCUT2D eigenvalue weighted by atomic mass is 16.5. The third-order valence-electron chi connectivity index (χ3n) is 3.01. The van der Waals surface area contributed by atoms with Crippen molar-refractivity contribution in [2.45, 2.75) is 18.9 Å². The van der Waals surface area contributed by atoms with Gasteiger partial charge >= 0.3 is 0 Å². The predicted octanol–water partition coefficient (Wildman–Crippen LogP) is 1.57. The molecule has 0 bridgehead atoms. The van der Waals surface area contributed by atoms with E-state index < -0.39 is 0 Å². The quantitative estimate of drug-likeness (QED) is 0.754. The molecule has 4 heteroatoms. The Morgan fingerprint density at radius 3 is 2.94 bits per heavy atom. The van der Waals surface area contributed by atoms with E-state index in [1.165, 1.54) is 0 Å². The Labute approximate surface area is 95.5 Å². The molecular formula is C12H15N3O. The van der Waals surface area contributed by atoms with Crippen molar-refractivity contribution in [2.75, 3.05) is 25.2 Å². The first-order valence-corrected chi connectivity index (χ1v) is 5.48. The van der Waals surface area contributed by atoms with Gasteiger partial charge in [0, 0.05) is 32.5 Å². The molecule has 0 N–H and O–H groups in total. The zero-order chi connectivity index (χ0) is 11.4. The molecule has 0 aromatic carbocycles. The van der Waals surface area contributed by atoms with Gasteiger partial charge < -0.3 is 9.64 Å². The van der Waals surface area contributed by atoms with Gasteiger partial charge in [-0.05, 0) is 25.0 Å². The summed E-state index contributed by atoms with van der Waals surface area (Å²) in [5.41, 5.74) is 1.41. The molecule has 1 saturated heterocycles. The van der Waals surface area contributed by atoms with E-state index in [9.17, 15) is 0 Å². The number of aromatic nitrogens is 1. The molecule has 0 amide bonds. The molecule has 0 atom stereocenters. The molecule has 2 rings (SSSR count). The van der Waals surface area contributed by atoms with Crippen LogP contribution in [0, 0.1) is 11.3 Å². The molecule has 4 nitrogen and oxygen atoms in total.